The molecule has 4 nitrogen and oxygen atoms in total. The van der Waals surface area contributed by atoms with Gasteiger partial charge in [0.05, 0.1) is 12.6 Å². The van der Waals surface area contributed by atoms with Crippen molar-refractivity contribution >= 4 is 17.5 Å². The minimum absolute atomic E-state index is 0.0547. The number of ether oxygens (including phenoxy) is 2. The van der Waals surface area contributed by atoms with Crippen LogP contribution in [0.5, 0.6) is 11.5 Å². The number of amides is 1. The van der Waals surface area contributed by atoms with Gasteiger partial charge >= 0.3 is 0 Å². The summed E-state index contributed by atoms with van der Waals surface area (Å²) in [4.78, 5) is 15.6. The van der Waals surface area contributed by atoms with Crippen LogP contribution in [-0.4, -0.2) is 31.1 Å². The van der Waals surface area contributed by atoms with E-state index in [4.69, 9.17) is 21.1 Å². The van der Waals surface area contributed by atoms with E-state index in [1.807, 2.05) is 65.6 Å². The van der Waals surface area contributed by atoms with E-state index in [1.54, 1.807) is 13.2 Å². The second kappa shape index (κ2) is 9.72. The highest BCUT2D eigenvalue weighted by molar-refractivity contribution is 6.30. The van der Waals surface area contributed by atoms with Gasteiger partial charge in [-0.1, -0.05) is 67.6 Å². The highest BCUT2D eigenvalue weighted by atomic mass is 35.5. The summed E-state index contributed by atoms with van der Waals surface area (Å²) in [5.74, 6) is 1.37. The first-order valence-corrected chi connectivity index (χ1v) is 11.5. The molecule has 0 radical (unpaired) electrons. The number of nitrogens with zero attached hydrogens (tertiary/aromatic N) is 1. The van der Waals surface area contributed by atoms with Gasteiger partial charge in [-0.2, -0.15) is 0 Å². The molecule has 5 heteroatoms. The number of fused-ring (bicyclic) bond motifs is 1. The lowest BCUT2D eigenvalue weighted by molar-refractivity contribution is 0.0622. The molecular formula is C28H28ClNO3. The molecule has 0 saturated heterocycles. The lowest BCUT2D eigenvalue weighted by Gasteiger charge is -2.40. The maximum Gasteiger partial charge on any atom is 0.255 e. The number of benzene rings is 3. The Balaban J connectivity index is 1.91. The van der Waals surface area contributed by atoms with E-state index in [0.717, 1.165) is 28.7 Å². The van der Waals surface area contributed by atoms with Crippen molar-refractivity contribution < 1.29 is 14.3 Å². The summed E-state index contributed by atoms with van der Waals surface area (Å²) < 4.78 is 11.3. The van der Waals surface area contributed by atoms with Crippen LogP contribution in [0.2, 0.25) is 5.02 Å². The van der Waals surface area contributed by atoms with Gasteiger partial charge in [-0.15, -0.1) is 0 Å². The van der Waals surface area contributed by atoms with Gasteiger partial charge in [-0.05, 0) is 53.4 Å². The molecule has 1 amide bonds. The zero-order valence-corrected chi connectivity index (χ0v) is 19.8. The van der Waals surface area contributed by atoms with Gasteiger partial charge in [0, 0.05) is 23.6 Å². The van der Waals surface area contributed by atoms with Crippen molar-refractivity contribution in [2.24, 2.45) is 0 Å². The maximum absolute atomic E-state index is 13.6. The molecule has 0 bridgehead atoms. The van der Waals surface area contributed by atoms with Gasteiger partial charge in [0.15, 0.2) is 11.5 Å². The summed E-state index contributed by atoms with van der Waals surface area (Å²) in [7, 11) is 1.62. The monoisotopic (exact) mass is 461 g/mol. The van der Waals surface area contributed by atoms with E-state index in [1.165, 1.54) is 0 Å². The Kier molecular flexibility index (Phi) is 6.75. The van der Waals surface area contributed by atoms with Crippen LogP contribution in [0.4, 0.5) is 0 Å². The summed E-state index contributed by atoms with van der Waals surface area (Å²) in [6, 6.07) is 21.7. The molecule has 0 aromatic heterocycles. The van der Waals surface area contributed by atoms with E-state index in [2.05, 4.69) is 19.6 Å². The Morgan fingerprint density at radius 1 is 1.06 bits per heavy atom. The Morgan fingerprint density at radius 3 is 2.52 bits per heavy atom. The van der Waals surface area contributed by atoms with Gasteiger partial charge in [0.2, 0.25) is 0 Å². The summed E-state index contributed by atoms with van der Waals surface area (Å²) in [5, 5.41) is 0.665. The normalized spacial score (nSPS) is 17.1. The van der Waals surface area contributed by atoms with Gasteiger partial charge < -0.3 is 14.4 Å². The van der Waals surface area contributed by atoms with Crippen LogP contribution < -0.4 is 9.47 Å². The summed E-state index contributed by atoms with van der Waals surface area (Å²) in [6.45, 7) is 6.86. The summed E-state index contributed by atoms with van der Waals surface area (Å²) >= 11 is 6.23. The average molecular weight is 462 g/mol. The highest BCUT2D eigenvalue weighted by Crippen LogP contribution is 2.47. The third kappa shape index (κ3) is 4.11. The van der Waals surface area contributed by atoms with E-state index < -0.39 is 5.54 Å². The number of carbonyl (C=O) groups excluding carboxylic acids is 1. The zero-order chi connectivity index (χ0) is 23.4. The highest BCUT2D eigenvalue weighted by Gasteiger charge is 2.50. The molecule has 33 heavy (non-hydrogen) atoms. The van der Waals surface area contributed by atoms with Crippen LogP contribution in [0.3, 0.4) is 0 Å². The first-order valence-electron chi connectivity index (χ1n) is 11.1. The largest absolute Gasteiger partial charge is 0.493 e. The molecule has 1 aliphatic heterocycles. The number of carbonyl (C=O) groups is 1. The summed E-state index contributed by atoms with van der Waals surface area (Å²) in [5.41, 5.74) is 3.17. The SMILES string of the molecule is C=CCOc1cc(CC2(c3ccc(Cl)cc3)c3ccccc3C(=O)N2CCC)ccc1OC. The fraction of sp³-hybridized carbons (Fsp3) is 0.250. The van der Waals surface area contributed by atoms with Crippen molar-refractivity contribution in [2.45, 2.75) is 25.3 Å². The van der Waals surface area contributed by atoms with Crippen LogP contribution in [0.1, 0.15) is 40.4 Å². The molecule has 3 aromatic rings. The Morgan fingerprint density at radius 2 is 1.82 bits per heavy atom. The minimum Gasteiger partial charge on any atom is -0.493 e. The molecule has 0 spiro atoms. The van der Waals surface area contributed by atoms with Crippen molar-refractivity contribution in [2.75, 3.05) is 20.3 Å². The molecule has 4 rings (SSSR count). The first-order chi connectivity index (χ1) is 16.0. The predicted molar refractivity (Wildman–Crippen MR) is 132 cm³/mol. The Hall–Kier alpha value is -3.24. The van der Waals surface area contributed by atoms with Crippen molar-refractivity contribution in [3.63, 3.8) is 0 Å². The number of hydrogen-bond acceptors (Lipinski definition) is 3. The minimum atomic E-state index is -0.654. The van der Waals surface area contributed by atoms with Gasteiger partial charge in [0.25, 0.3) is 5.91 Å². The molecule has 0 N–H and O–H groups in total. The molecule has 3 aromatic carbocycles. The van der Waals surface area contributed by atoms with E-state index in [9.17, 15) is 4.79 Å². The van der Waals surface area contributed by atoms with Gasteiger partial charge in [0.1, 0.15) is 6.61 Å². The average Bonchev–Trinajstić information content (AvgIpc) is 3.07. The van der Waals surface area contributed by atoms with Gasteiger partial charge in [-0.25, -0.2) is 0 Å². The standard InChI is InChI=1S/C28H28ClNO3/c1-4-16-30-27(31)23-8-6-7-9-24(23)28(30,21-11-13-22(29)14-12-21)19-20-10-15-25(32-3)26(18-20)33-17-5-2/h5-15,18H,2,4,16-17,19H2,1,3H3. The van der Waals surface area contributed by atoms with Crippen molar-refractivity contribution in [1.82, 2.24) is 4.90 Å². The van der Waals surface area contributed by atoms with Crippen molar-refractivity contribution in [3.05, 3.63) is 107 Å². The molecule has 170 valence electrons. The lowest BCUT2D eigenvalue weighted by Crippen LogP contribution is -2.46. The van der Waals surface area contributed by atoms with Crippen molar-refractivity contribution in [3.8, 4) is 11.5 Å². The Bertz CT molecular complexity index is 1160. The van der Waals surface area contributed by atoms with Gasteiger partial charge in [-0.3, -0.25) is 4.79 Å². The molecule has 0 saturated carbocycles. The molecule has 1 atom stereocenters. The topological polar surface area (TPSA) is 38.8 Å². The second-order valence-corrected chi connectivity index (χ2v) is 8.57. The fourth-order valence-corrected chi connectivity index (χ4v) is 4.85. The van der Waals surface area contributed by atoms with Crippen LogP contribution in [0, 0.1) is 0 Å². The van der Waals surface area contributed by atoms with Crippen molar-refractivity contribution in [1.29, 1.82) is 0 Å². The molecule has 0 aliphatic carbocycles. The molecule has 1 aliphatic rings. The molecule has 1 unspecified atom stereocenters. The third-order valence-electron chi connectivity index (χ3n) is 6.12. The number of hydrogen-bond donors (Lipinski definition) is 0. The third-order valence-corrected chi connectivity index (χ3v) is 6.37. The van der Waals surface area contributed by atoms with E-state index in [0.29, 0.717) is 36.1 Å². The number of methoxy groups -OCH3 is 1. The maximum atomic E-state index is 13.6. The Labute approximate surface area is 200 Å². The van der Waals surface area contributed by atoms with E-state index in [-0.39, 0.29) is 5.91 Å². The van der Waals surface area contributed by atoms with E-state index >= 15 is 0 Å². The van der Waals surface area contributed by atoms with Crippen LogP contribution in [0.15, 0.2) is 79.4 Å². The predicted octanol–water partition coefficient (Wildman–Crippen LogP) is 6.27. The number of rotatable bonds is 9. The fourth-order valence-electron chi connectivity index (χ4n) is 4.73. The second-order valence-electron chi connectivity index (χ2n) is 8.13. The molecule has 0 fully saturated rings. The molecule has 1 heterocycles. The lowest BCUT2D eigenvalue weighted by atomic mass is 9.77. The molecular weight excluding hydrogens is 434 g/mol. The van der Waals surface area contributed by atoms with Crippen LogP contribution >= 0.6 is 11.6 Å². The zero-order valence-electron chi connectivity index (χ0n) is 19.0. The smallest absolute Gasteiger partial charge is 0.255 e. The first kappa shape index (κ1) is 22.9. The van der Waals surface area contributed by atoms with Crippen LogP contribution in [0.25, 0.3) is 0 Å². The van der Waals surface area contributed by atoms with Crippen LogP contribution in [-0.2, 0) is 12.0 Å². The quantitative estimate of drug-likeness (QED) is 0.353. The summed E-state index contributed by atoms with van der Waals surface area (Å²) in [6.07, 6.45) is 3.15. The number of halogens is 1.